The van der Waals surface area contributed by atoms with Gasteiger partial charge in [0, 0.05) is 13.2 Å². The SMILES string of the molecule is CC(Cl)c1cn(C)cn1. The second kappa shape index (κ2) is 2.40. The van der Waals surface area contributed by atoms with Crippen LogP contribution < -0.4 is 0 Å². The molecule has 0 aliphatic carbocycles. The van der Waals surface area contributed by atoms with E-state index in [4.69, 9.17) is 11.6 Å². The fraction of sp³-hybridized carbons (Fsp3) is 0.500. The van der Waals surface area contributed by atoms with Gasteiger partial charge in [0.25, 0.3) is 0 Å². The number of alkyl halides is 1. The Labute approximate surface area is 59.5 Å². The van der Waals surface area contributed by atoms with Crippen LogP contribution in [0.25, 0.3) is 0 Å². The van der Waals surface area contributed by atoms with Gasteiger partial charge < -0.3 is 4.57 Å². The number of halogens is 1. The Balaban J connectivity index is 2.85. The van der Waals surface area contributed by atoms with E-state index in [9.17, 15) is 0 Å². The molecule has 0 aromatic carbocycles. The molecule has 1 unspecified atom stereocenters. The van der Waals surface area contributed by atoms with Gasteiger partial charge >= 0.3 is 0 Å². The molecule has 0 saturated carbocycles. The van der Waals surface area contributed by atoms with E-state index < -0.39 is 0 Å². The molecule has 9 heavy (non-hydrogen) atoms. The Morgan fingerprint density at radius 3 is 2.67 bits per heavy atom. The monoisotopic (exact) mass is 144 g/mol. The molecular formula is C6H9ClN2. The highest BCUT2D eigenvalue weighted by Crippen LogP contribution is 2.15. The highest BCUT2D eigenvalue weighted by Gasteiger charge is 2.01. The van der Waals surface area contributed by atoms with E-state index in [2.05, 4.69) is 4.98 Å². The first-order valence-corrected chi connectivity index (χ1v) is 3.25. The van der Waals surface area contributed by atoms with Crippen LogP contribution in [0.2, 0.25) is 0 Å². The summed E-state index contributed by atoms with van der Waals surface area (Å²) in [6, 6.07) is 0. The third-order valence-electron chi connectivity index (χ3n) is 1.13. The molecular weight excluding hydrogens is 136 g/mol. The van der Waals surface area contributed by atoms with Crippen LogP contribution >= 0.6 is 11.6 Å². The molecule has 1 aromatic heterocycles. The molecule has 3 heteroatoms. The molecule has 2 nitrogen and oxygen atoms in total. The van der Waals surface area contributed by atoms with E-state index in [1.54, 1.807) is 6.33 Å². The Kier molecular flexibility index (Phi) is 1.76. The number of nitrogens with zero attached hydrogens (tertiary/aromatic N) is 2. The number of rotatable bonds is 1. The van der Waals surface area contributed by atoms with Crippen LogP contribution in [0.4, 0.5) is 0 Å². The van der Waals surface area contributed by atoms with Crippen molar-refractivity contribution in [2.75, 3.05) is 0 Å². The molecule has 0 radical (unpaired) electrons. The Morgan fingerprint density at radius 2 is 2.44 bits per heavy atom. The second-order valence-electron chi connectivity index (χ2n) is 2.08. The Hall–Kier alpha value is -0.500. The predicted molar refractivity (Wildman–Crippen MR) is 37.5 cm³/mol. The maximum Gasteiger partial charge on any atom is 0.0947 e. The van der Waals surface area contributed by atoms with Gasteiger partial charge in [-0.05, 0) is 6.92 Å². The van der Waals surface area contributed by atoms with Crippen molar-refractivity contribution in [1.29, 1.82) is 0 Å². The van der Waals surface area contributed by atoms with Crippen LogP contribution in [-0.2, 0) is 7.05 Å². The molecule has 0 aliphatic heterocycles. The summed E-state index contributed by atoms with van der Waals surface area (Å²) in [4.78, 5) is 4.05. The molecule has 1 rings (SSSR count). The lowest BCUT2D eigenvalue weighted by Gasteiger charge is -1.92. The van der Waals surface area contributed by atoms with Crippen molar-refractivity contribution in [2.45, 2.75) is 12.3 Å². The van der Waals surface area contributed by atoms with Crippen LogP contribution in [0, 0.1) is 0 Å². The van der Waals surface area contributed by atoms with Gasteiger partial charge in [-0.1, -0.05) is 0 Å². The van der Waals surface area contributed by atoms with Gasteiger partial charge in [-0.15, -0.1) is 11.6 Å². The molecule has 1 atom stereocenters. The molecule has 0 N–H and O–H groups in total. The number of hydrogen-bond acceptors (Lipinski definition) is 1. The van der Waals surface area contributed by atoms with Crippen LogP contribution in [-0.4, -0.2) is 9.55 Å². The smallest absolute Gasteiger partial charge is 0.0947 e. The highest BCUT2D eigenvalue weighted by molar-refractivity contribution is 6.20. The third-order valence-corrected chi connectivity index (χ3v) is 1.36. The van der Waals surface area contributed by atoms with Crippen LogP contribution in [0.5, 0.6) is 0 Å². The van der Waals surface area contributed by atoms with Crippen LogP contribution in [0.15, 0.2) is 12.5 Å². The van der Waals surface area contributed by atoms with Crippen LogP contribution in [0.1, 0.15) is 18.0 Å². The lowest BCUT2D eigenvalue weighted by atomic mass is 10.4. The van der Waals surface area contributed by atoms with Gasteiger partial charge in [0.1, 0.15) is 0 Å². The zero-order chi connectivity index (χ0) is 6.85. The summed E-state index contributed by atoms with van der Waals surface area (Å²) in [5.74, 6) is 0. The summed E-state index contributed by atoms with van der Waals surface area (Å²) in [5.41, 5.74) is 0.930. The van der Waals surface area contributed by atoms with Crippen molar-refractivity contribution in [2.24, 2.45) is 7.05 Å². The maximum absolute atomic E-state index is 5.74. The lowest BCUT2D eigenvalue weighted by Crippen LogP contribution is -1.82. The average molecular weight is 145 g/mol. The normalized spacial score (nSPS) is 13.7. The van der Waals surface area contributed by atoms with Gasteiger partial charge in [0.05, 0.1) is 17.4 Å². The molecule has 50 valence electrons. The zero-order valence-electron chi connectivity index (χ0n) is 5.50. The minimum Gasteiger partial charge on any atom is -0.340 e. The van der Waals surface area contributed by atoms with Crippen molar-refractivity contribution in [3.8, 4) is 0 Å². The number of aryl methyl sites for hydroxylation is 1. The molecule has 0 saturated heterocycles. The van der Waals surface area contributed by atoms with E-state index in [-0.39, 0.29) is 5.38 Å². The fourth-order valence-electron chi connectivity index (χ4n) is 0.638. The molecule has 1 aromatic rings. The highest BCUT2D eigenvalue weighted by atomic mass is 35.5. The maximum atomic E-state index is 5.74. The number of aromatic nitrogens is 2. The summed E-state index contributed by atoms with van der Waals surface area (Å²) >= 11 is 5.74. The van der Waals surface area contributed by atoms with Gasteiger partial charge in [-0.3, -0.25) is 0 Å². The molecule has 0 bridgehead atoms. The Morgan fingerprint density at radius 1 is 1.78 bits per heavy atom. The minimum absolute atomic E-state index is 0.0196. The van der Waals surface area contributed by atoms with Crippen LogP contribution in [0.3, 0.4) is 0 Å². The molecule has 0 amide bonds. The zero-order valence-corrected chi connectivity index (χ0v) is 6.26. The first kappa shape index (κ1) is 6.62. The van der Waals surface area contributed by atoms with E-state index in [1.165, 1.54) is 0 Å². The quantitative estimate of drug-likeness (QED) is 0.549. The van der Waals surface area contributed by atoms with Gasteiger partial charge in [-0.2, -0.15) is 0 Å². The van der Waals surface area contributed by atoms with Crippen molar-refractivity contribution in [1.82, 2.24) is 9.55 Å². The van der Waals surface area contributed by atoms with Crippen molar-refractivity contribution in [3.63, 3.8) is 0 Å². The molecule has 0 spiro atoms. The summed E-state index contributed by atoms with van der Waals surface area (Å²) < 4.78 is 1.88. The topological polar surface area (TPSA) is 17.8 Å². The summed E-state index contributed by atoms with van der Waals surface area (Å²) in [7, 11) is 1.93. The average Bonchev–Trinajstić information content (AvgIpc) is 2.14. The first-order valence-electron chi connectivity index (χ1n) is 2.82. The largest absolute Gasteiger partial charge is 0.340 e. The van der Waals surface area contributed by atoms with E-state index in [0.29, 0.717) is 0 Å². The molecule has 0 fully saturated rings. The lowest BCUT2D eigenvalue weighted by molar-refractivity contribution is 0.911. The third kappa shape index (κ3) is 1.45. The second-order valence-corrected chi connectivity index (χ2v) is 2.73. The number of hydrogen-bond donors (Lipinski definition) is 0. The predicted octanol–water partition coefficient (Wildman–Crippen LogP) is 1.72. The van der Waals surface area contributed by atoms with E-state index >= 15 is 0 Å². The summed E-state index contributed by atoms with van der Waals surface area (Å²) in [6.45, 7) is 1.91. The van der Waals surface area contributed by atoms with Gasteiger partial charge in [-0.25, -0.2) is 4.98 Å². The van der Waals surface area contributed by atoms with Gasteiger partial charge in [0.2, 0.25) is 0 Å². The van der Waals surface area contributed by atoms with Gasteiger partial charge in [0.15, 0.2) is 0 Å². The fourth-order valence-corrected chi connectivity index (χ4v) is 0.751. The summed E-state index contributed by atoms with van der Waals surface area (Å²) in [6.07, 6.45) is 3.66. The minimum atomic E-state index is 0.0196. The van der Waals surface area contributed by atoms with Crippen molar-refractivity contribution < 1.29 is 0 Å². The number of imidazole rings is 1. The van der Waals surface area contributed by atoms with Crippen molar-refractivity contribution in [3.05, 3.63) is 18.2 Å². The van der Waals surface area contributed by atoms with E-state index in [1.807, 2.05) is 24.7 Å². The first-order chi connectivity index (χ1) is 4.20. The molecule has 1 heterocycles. The van der Waals surface area contributed by atoms with Crippen molar-refractivity contribution >= 4 is 11.6 Å². The summed E-state index contributed by atoms with van der Waals surface area (Å²) in [5, 5.41) is 0.0196. The molecule has 0 aliphatic rings. The standard InChI is InChI=1S/C6H9ClN2/c1-5(7)6-3-9(2)4-8-6/h3-5H,1-2H3. The Bertz CT molecular complexity index is 193. The van der Waals surface area contributed by atoms with E-state index in [0.717, 1.165) is 5.69 Å².